The SMILES string of the molecule is c1ccc(-c2ccc(-c3c4ccccc4c(-c4ccc5ccccc5c4)c4ccc5ccccc5c34)c3ccccc23)cc1. The fraction of sp³-hybridized carbons (Fsp3) is 0. The van der Waals surface area contributed by atoms with E-state index in [0.717, 1.165) is 0 Å². The quantitative estimate of drug-likeness (QED) is 0.150. The molecule has 9 aromatic rings. The zero-order valence-corrected chi connectivity index (χ0v) is 24.2. The van der Waals surface area contributed by atoms with E-state index in [1.165, 1.54) is 87.2 Å². The maximum atomic E-state index is 2.36. The van der Waals surface area contributed by atoms with Gasteiger partial charge in [0.1, 0.15) is 0 Å². The van der Waals surface area contributed by atoms with Crippen LogP contribution < -0.4 is 0 Å². The lowest BCUT2D eigenvalue weighted by atomic mass is 9.82. The van der Waals surface area contributed by atoms with Gasteiger partial charge in [0.15, 0.2) is 0 Å². The molecule has 9 aromatic carbocycles. The van der Waals surface area contributed by atoms with Crippen molar-refractivity contribution in [1.82, 2.24) is 0 Å². The summed E-state index contributed by atoms with van der Waals surface area (Å²) in [5.41, 5.74) is 7.60. The van der Waals surface area contributed by atoms with Crippen molar-refractivity contribution in [2.24, 2.45) is 0 Å². The van der Waals surface area contributed by atoms with Crippen LogP contribution in [0.3, 0.4) is 0 Å². The predicted molar refractivity (Wildman–Crippen MR) is 190 cm³/mol. The molecule has 0 saturated heterocycles. The van der Waals surface area contributed by atoms with Crippen molar-refractivity contribution < 1.29 is 0 Å². The minimum atomic E-state index is 1.24. The van der Waals surface area contributed by atoms with Crippen LogP contribution in [0.2, 0.25) is 0 Å². The highest BCUT2D eigenvalue weighted by molar-refractivity contribution is 6.29. The van der Waals surface area contributed by atoms with Crippen molar-refractivity contribution in [3.8, 4) is 33.4 Å². The molecule has 0 spiro atoms. The van der Waals surface area contributed by atoms with Gasteiger partial charge in [0.2, 0.25) is 0 Å². The van der Waals surface area contributed by atoms with Crippen molar-refractivity contribution in [3.05, 3.63) is 170 Å². The Labute approximate surface area is 256 Å². The second-order valence-corrected chi connectivity index (χ2v) is 11.6. The summed E-state index contributed by atoms with van der Waals surface area (Å²) in [6, 6.07) is 62.3. The summed E-state index contributed by atoms with van der Waals surface area (Å²) in [7, 11) is 0. The molecule has 0 saturated carbocycles. The second-order valence-electron chi connectivity index (χ2n) is 11.6. The minimum Gasteiger partial charge on any atom is -0.0622 e. The van der Waals surface area contributed by atoms with Crippen molar-refractivity contribution in [2.45, 2.75) is 0 Å². The zero-order valence-electron chi connectivity index (χ0n) is 24.2. The lowest BCUT2D eigenvalue weighted by Crippen LogP contribution is -1.93. The Morgan fingerprint density at radius 1 is 0.250 bits per heavy atom. The van der Waals surface area contributed by atoms with E-state index in [-0.39, 0.29) is 0 Å². The normalized spacial score (nSPS) is 11.6. The molecule has 44 heavy (non-hydrogen) atoms. The van der Waals surface area contributed by atoms with Gasteiger partial charge >= 0.3 is 0 Å². The van der Waals surface area contributed by atoms with Crippen molar-refractivity contribution >= 4 is 53.9 Å². The Morgan fingerprint density at radius 3 is 1.57 bits per heavy atom. The van der Waals surface area contributed by atoms with E-state index < -0.39 is 0 Å². The van der Waals surface area contributed by atoms with E-state index in [4.69, 9.17) is 0 Å². The summed E-state index contributed by atoms with van der Waals surface area (Å²) in [4.78, 5) is 0. The van der Waals surface area contributed by atoms with Crippen molar-refractivity contribution in [3.63, 3.8) is 0 Å². The van der Waals surface area contributed by atoms with Gasteiger partial charge in [-0.25, -0.2) is 0 Å². The Hall–Kier alpha value is -5.72. The molecule has 0 aliphatic heterocycles. The molecule has 0 nitrogen and oxygen atoms in total. The van der Waals surface area contributed by atoms with Crippen LogP contribution in [-0.4, -0.2) is 0 Å². The number of benzene rings is 9. The molecular formula is C44H28. The molecule has 0 fully saturated rings. The third-order valence-corrected chi connectivity index (χ3v) is 9.23. The largest absolute Gasteiger partial charge is 0.0622 e. The van der Waals surface area contributed by atoms with E-state index in [1.54, 1.807) is 0 Å². The molecule has 0 aromatic heterocycles. The fourth-order valence-electron chi connectivity index (χ4n) is 7.27. The number of fused-ring (bicyclic) bond motifs is 6. The van der Waals surface area contributed by atoms with Gasteiger partial charge in [0.25, 0.3) is 0 Å². The summed E-state index contributed by atoms with van der Waals surface area (Å²) < 4.78 is 0. The van der Waals surface area contributed by atoms with E-state index >= 15 is 0 Å². The molecule has 0 atom stereocenters. The second kappa shape index (κ2) is 9.93. The van der Waals surface area contributed by atoms with E-state index in [9.17, 15) is 0 Å². The highest BCUT2D eigenvalue weighted by atomic mass is 14.2. The molecule has 0 amide bonds. The summed E-state index contributed by atoms with van der Waals surface area (Å²) in [6.07, 6.45) is 0. The molecular weight excluding hydrogens is 528 g/mol. The molecule has 204 valence electrons. The van der Waals surface area contributed by atoms with Gasteiger partial charge in [0, 0.05) is 0 Å². The number of hydrogen-bond acceptors (Lipinski definition) is 0. The molecule has 0 unspecified atom stereocenters. The van der Waals surface area contributed by atoms with Crippen LogP contribution in [0.4, 0.5) is 0 Å². The summed E-state index contributed by atoms with van der Waals surface area (Å²) in [5, 5.41) is 12.7. The van der Waals surface area contributed by atoms with Crippen LogP contribution in [0.1, 0.15) is 0 Å². The Balaban J connectivity index is 1.46. The Bertz CT molecular complexity index is 2540. The monoisotopic (exact) mass is 556 g/mol. The van der Waals surface area contributed by atoms with Crippen LogP contribution in [-0.2, 0) is 0 Å². The van der Waals surface area contributed by atoms with Gasteiger partial charge in [-0.15, -0.1) is 0 Å². The van der Waals surface area contributed by atoms with Gasteiger partial charge < -0.3 is 0 Å². The molecule has 9 rings (SSSR count). The molecule has 0 bridgehead atoms. The molecule has 0 heteroatoms. The average Bonchev–Trinajstić information content (AvgIpc) is 3.10. The predicted octanol–water partition coefficient (Wildman–Crippen LogP) is 12.5. The van der Waals surface area contributed by atoms with Gasteiger partial charge in [-0.1, -0.05) is 164 Å². The first-order valence-electron chi connectivity index (χ1n) is 15.3. The van der Waals surface area contributed by atoms with Gasteiger partial charge in [0.05, 0.1) is 0 Å². The van der Waals surface area contributed by atoms with E-state index in [0.29, 0.717) is 0 Å². The third kappa shape index (κ3) is 3.78. The van der Waals surface area contributed by atoms with Crippen LogP contribution in [0.5, 0.6) is 0 Å². The minimum absolute atomic E-state index is 1.24. The van der Waals surface area contributed by atoms with Gasteiger partial charge in [-0.05, 0) is 93.3 Å². The molecule has 0 aliphatic carbocycles. The highest BCUT2D eigenvalue weighted by Crippen LogP contribution is 2.48. The zero-order chi connectivity index (χ0) is 29.0. The summed E-state index contributed by atoms with van der Waals surface area (Å²) >= 11 is 0. The molecule has 0 N–H and O–H groups in total. The van der Waals surface area contributed by atoms with Crippen LogP contribution in [0.25, 0.3) is 87.2 Å². The maximum Gasteiger partial charge on any atom is -0.00139 e. The summed E-state index contributed by atoms with van der Waals surface area (Å²) in [5.74, 6) is 0. The lowest BCUT2D eigenvalue weighted by molar-refractivity contribution is 1.64. The molecule has 0 radical (unpaired) electrons. The first kappa shape index (κ1) is 24.8. The van der Waals surface area contributed by atoms with Gasteiger partial charge in [-0.3, -0.25) is 0 Å². The first-order valence-corrected chi connectivity index (χ1v) is 15.3. The molecule has 0 heterocycles. The first-order chi connectivity index (χ1) is 21.8. The highest BCUT2D eigenvalue weighted by Gasteiger charge is 2.20. The smallest absolute Gasteiger partial charge is 0.00139 e. The fourth-order valence-corrected chi connectivity index (χ4v) is 7.27. The summed E-state index contributed by atoms with van der Waals surface area (Å²) in [6.45, 7) is 0. The van der Waals surface area contributed by atoms with Crippen LogP contribution in [0, 0.1) is 0 Å². The maximum absolute atomic E-state index is 2.36. The average molecular weight is 557 g/mol. The third-order valence-electron chi connectivity index (χ3n) is 9.23. The van der Waals surface area contributed by atoms with E-state index in [2.05, 4.69) is 170 Å². The Morgan fingerprint density at radius 2 is 0.795 bits per heavy atom. The standard InChI is InChI=1S/C44H28/c1-2-13-30(14-3-1)34-26-27-40(37-19-9-8-18-36(34)37)44-39-21-11-10-20-38(39)42(33-23-22-29-12-4-5-16-32(29)28-33)41-25-24-31-15-6-7-17-35(31)43(41)44/h1-28H. The van der Waals surface area contributed by atoms with Crippen molar-refractivity contribution in [2.75, 3.05) is 0 Å². The number of rotatable bonds is 3. The van der Waals surface area contributed by atoms with Crippen LogP contribution in [0.15, 0.2) is 170 Å². The Kier molecular flexibility index (Phi) is 5.61. The lowest BCUT2D eigenvalue weighted by Gasteiger charge is -2.21. The number of hydrogen-bond donors (Lipinski definition) is 0. The topological polar surface area (TPSA) is 0 Å². The molecule has 0 aliphatic rings. The van der Waals surface area contributed by atoms with Gasteiger partial charge in [-0.2, -0.15) is 0 Å². The van der Waals surface area contributed by atoms with E-state index in [1.807, 2.05) is 0 Å². The van der Waals surface area contributed by atoms with Crippen LogP contribution >= 0.6 is 0 Å². The van der Waals surface area contributed by atoms with Crippen molar-refractivity contribution in [1.29, 1.82) is 0 Å².